The zero-order chi connectivity index (χ0) is 15.9. The molecular formula is C10H10F6O4. The third kappa shape index (κ3) is 4.27. The lowest BCUT2D eigenvalue weighted by Gasteiger charge is -2.01. The van der Waals surface area contributed by atoms with E-state index in [1.165, 1.54) is 0 Å². The van der Waals surface area contributed by atoms with E-state index in [9.17, 15) is 35.9 Å². The van der Waals surface area contributed by atoms with Gasteiger partial charge in [0.2, 0.25) is 0 Å². The second-order valence-corrected chi connectivity index (χ2v) is 4.66. The van der Waals surface area contributed by atoms with Crippen LogP contribution in [0.4, 0.5) is 26.3 Å². The molecule has 0 saturated heterocycles. The van der Waals surface area contributed by atoms with E-state index < -0.39 is 48.0 Å². The van der Waals surface area contributed by atoms with E-state index in [2.05, 4.69) is 0 Å². The van der Waals surface area contributed by atoms with Crippen molar-refractivity contribution < 1.29 is 46.1 Å². The summed E-state index contributed by atoms with van der Waals surface area (Å²) in [6, 6.07) is 0. The van der Waals surface area contributed by atoms with Crippen LogP contribution in [0.5, 0.6) is 0 Å². The Labute approximate surface area is 108 Å². The van der Waals surface area contributed by atoms with Gasteiger partial charge in [0.15, 0.2) is 0 Å². The molecule has 0 aromatic heterocycles. The number of aliphatic carboxylic acids is 2. The van der Waals surface area contributed by atoms with Crippen molar-refractivity contribution in [3.05, 3.63) is 0 Å². The number of halogens is 6. The van der Waals surface area contributed by atoms with E-state index in [0.29, 0.717) is 0 Å². The molecule has 0 heterocycles. The highest BCUT2D eigenvalue weighted by atomic mass is 19.4. The maximum Gasteiger partial charge on any atom is 0.392 e. The average molecular weight is 308 g/mol. The predicted molar refractivity (Wildman–Crippen MR) is 50.6 cm³/mol. The molecule has 0 aromatic carbocycles. The van der Waals surface area contributed by atoms with Crippen molar-refractivity contribution in [2.24, 2.45) is 23.7 Å². The lowest BCUT2D eigenvalue weighted by Crippen LogP contribution is -2.14. The van der Waals surface area contributed by atoms with Gasteiger partial charge in [0.25, 0.3) is 0 Å². The predicted octanol–water partition coefficient (Wildman–Crippen LogP) is 2.54. The van der Waals surface area contributed by atoms with E-state index in [0.717, 1.165) is 0 Å². The Bertz CT molecular complexity index is 364. The van der Waals surface area contributed by atoms with Crippen LogP contribution < -0.4 is 0 Å². The normalized spacial score (nSPS) is 31.9. The Balaban J connectivity index is 0.000000200. The van der Waals surface area contributed by atoms with Gasteiger partial charge in [0.1, 0.15) is 0 Å². The summed E-state index contributed by atoms with van der Waals surface area (Å²) in [6.45, 7) is 0. The third-order valence-electron chi connectivity index (χ3n) is 3.06. The van der Waals surface area contributed by atoms with Gasteiger partial charge in [-0.15, -0.1) is 0 Å². The number of carboxylic acids is 2. The first-order valence-electron chi connectivity index (χ1n) is 5.44. The summed E-state index contributed by atoms with van der Waals surface area (Å²) in [5.74, 6) is -8.24. The number of rotatable bonds is 2. The minimum Gasteiger partial charge on any atom is -0.481 e. The van der Waals surface area contributed by atoms with Crippen LogP contribution in [0.3, 0.4) is 0 Å². The molecular weight excluding hydrogens is 298 g/mol. The highest BCUT2D eigenvalue weighted by Crippen LogP contribution is 2.50. The van der Waals surface area contributed by atoms with Crippen LogP contribution >= 0.6 is 0 Å². The van der Waals surface area contributed by atoms with Crippen molar-refractivity contribution in [1.82, 2.24) is 0 Å². The molecule has 4 atom stereocenters. The van der Waals surface area contributed by atoms with Crippen LogP contribution in [0.1, 0.15) is 12.8 Å². The van der Waals surface area contributed by atoms with Crippen molar-refractivity contribution in [3.8, 4) is 0 Å². The molecule has 2 aliphatic rings. The molecule has 116 valence electrons. The number of hydrogen-bond donors (Lipinski definition) is 2. The van der Waals surface area contributed by atoms with Gasteiger partial charge in [-0.1, -0.05) is 0 Å². The quantitative estimate of drug-likeness (QED) is 0.769. The third-order valence-corrected chi connectivity index (χ3v) is 3.06. The number of carboxylic acid groups (broad SMARTS) is 2. The number of carbonyl (C=O) groups is 2. The Morgan fingerprint density at radius 2 is 1.00 bits per heavy atom. The smallest absolute Gasteiger partial charge is 0.392 e. The van der Waals surface area contributed by atoms with Crippen LogP contribution in [0.2, 0.25) is 0 Å². The van der Waals surface area contributed by atoms with Crippen molar-refractivity contribution in [2.45, 2.75) is 25.2 Å². The van der Waals surface area contributed by atoms with E-state index in [4.69, 9.17) is 10.2 Å². The Hall–Kier alpha value is -1.48. The minimum atomic E-state index is -4.32. The largest absolute Gasteiger partial charge is 0.481 e. The summed E-state index contributed by atoms with van der Waals surface area (Å²) >= 11 is 0. The fourth-order valence-electron chi connectivity index (χ4n) is 1.66. The summed E-state index contributed by atoms with van der Waals surface area (Å²) < 4.78 is 69.5. The number of alkyl halides is 6. The molecule has 0 amide bonds. The van der Waals surface area contributed by atoms with Crippen molar-refractivity contribution in [2.75, 3.05) is 0 Å². The van der Waals surface area contributed by atoms with Gasteiger partial charge in [0, 0.05) is 0 Å². The molecule has 4 nitrogen and oxygen atoms in total. The van der Waals surface area contributed by atoms with Crippen LogP contribution in [-0.4, -0.2) is 34.5 Å². The zero-order valence-electron chi connectivity index (χ0n) is 9.70. The molecule has 2 rings (SSSR count). The van der Waals surface area contributed by atoms with Gasteiger partial charge in [-0.25, -0.2) is 0 Å². The summed E-state index contributed by atoms with van der Waals surface area (Å²) in [5.41, 5.74) is 0. The second-order valence-electron chi connectivity index (χ2n) is 4.66. The molecule has 10 heteroatoms. The summed E-state index contributed by atoms with van der Waals surface area (Å²) in [4.78, 5) is 19.8. The van der Waals surface area contributed by atoms with E-state index in [1.807, 2.05) is 0 Å². The average Bonchev–Trinajstić information content (AvgIpc) is 3.09. The second kappa shape index (κ2) is 5.13. The minimum absolute atomic E-state index is 0.251. The highest BCUT2D eigenvalue weighted by Gasteiger charge is 2.59. The van der Waals surface area contributed by atoms with Gasteiger partial charge < -0.3 is 10.2 Å². The summed E-state index contributed by atoms with van der Waals surface area (Å²) in [5, 5.41) is 16.2. The molecule has 0 radical (unpaired) electrons. The van der Waals surface area contributed by atoms with E-state index >= 15 is 0 Å². The standard InChI is InChI=1S/2C5H5F3O2/c2*6-5(7,8)3-1-2(3)4(9)10/h2*2-3H,1H2,(H,9,10)/t2*2-,3+/m10/s1. The Morgan fingerprint density at radius 3 is 1.05 bits per heavy atom. The number of hydrogen-bond acceptors (Lipinski definition) is 2. The van der Waals surface area contributed by atoms with Crippen molar-refractivity contribution in [3.63, 3.8) is 0 Å². The molecule has 0 bridgehead atoms. The van der Waals surface area contributed by atoms with Crippen molar-refractivity contribution in [1.29, 1.82) is 0 Å². The van der Waals surface area contributed by atoms with Crippen LogP contribution in [-0.2, 0) is 9.59 Å². The van der Waals surface area contributed by atoms with E-state index in [1.54, 1.807) is 0 Å². The monoisotopic (exact) mass is 308 g/mol. The van der Waals surface area contributed by atoms with Crippen LogP contribution in [0.15, 0.2) is 0 Å². The first-order valence-corrected chi connectivity index (χ1v) is 5.44. The molecule has 0 unspecified atom stereocenters. The molecule has 2 saturated carbocycles. The molecule has 20 heavy (non-hydrogen) atoms. The molecule has 2 aliphatic carbocycles. The fraction of sp³-hybridized carbons (Fsp3) is 0.800. The summed E-state index contributed by atoms with van der Waals surface area (Å²) in [6.07, 6.45) is -9.14. The fourth-order valence-corrected chi connectivity index (χ4v) is 1.66. The maximum absolute atomic E-state index is 11.6. The van der Waals surface area contributed by atoms with Crippen LogP contribution in [0.25, 0.3) is 0 Å². The van der Waals surface area contributed by atoms with Gasteiger partial charge >= 0.3 is 24.3 Å². The van der Waals surface area contributed by atoms with E-state index in [-0.39, 0.29) is 12.8 Å². The first-order chi connectivity index (χ1) is 8.85. The molecule has 0 spiro atoms. The van der Waals surface area contributed by atoms with Gasteiger partial charge in [-0.3, -0.25) is 9.59 Å². The SMILES string of the molecule is O=C(O)[C@@H]1C[C@@H]1C(F)(F)F.O=C(O)[C@H]1C[C@H]1C(F)(F)F. The van der Waals surface area contributed by atoms with Crippen LogP contribution in [0, 0.1) is 23.7 Å². The maximum atomic E-state index is 11.6. The molecule has 2 N–H and O–H groups in total. The van der Waals surface area contributed by atoms with Gasteiger partial charge in [0.05, 0.1) is 23.7 Å². The highest BCUT2D eigenvalue weighted by molar-refractivity contribution is 5.74. The van der Waals surface area contributed by atoms with Crippen molar-refractivity contribution >= 4 is 11.9 Å². The molecule has 0 aromatic rings. The summed E-state index contributed by atoms with van der Waals surface area (Å²) in [7, 11) is 0. The zero-order valence-corrected chi connectivity index (χ0v) is 9.70. The lowest BCUT2D eigenvalue weighted by molar-refractivity contribution is -0.160. The van der Waals surface area contributed by atoms with Gasteiger partial charge in [-0.05, 0) is 12.8 Å². The van der Waals surface area contributed by atoms with Gasteiger partial charge in [-0.2, -0.15) is 26.3 Å². The molecule has 2 fully saturated rings. The molecule has 0 aliphatic heterocycles. The first kappa shape index (κ1) is 16.6. The topological polar surface area (TPSA) is 74.6 Å². The Kier molecular flexibility index (Phi) is 4.25. The lowest BCUT2D eigenvalue weighted by atomic mass is 10.3. The Morgan fingerprint density at radius 1 is 0.750 bits per heavy atom.